The molecule has 1 aliphatic carbocycles. The maximum Gasteiger partial charge on any atom is 0.306 e. The molecule has 1 aliphatic heterocycles. The van der Waals surface area contributed by atoms with Crippen LogP contribution in [0.1, 0.15) is 59.3 Å². The fraction of sp³-hybridized carbons (Fsp3) is 0.875. The number of aliphatic carboxylic acids is 1. The van der Waals surface area contributed by atoms with Crippen LogP contribution in [0.25, 0.3) is 0 Å². The van der Waals surface area contributed by atoms with Gasteiger partial charge in [-0.05, 0) is 59.3 Å². The normalized spacial score (nSPS) is 35.4. The van der Waals surface area contributed by atoms with Crippen LogP contribution in [0.3, 0.4) is 0 Å². The lowest BCUT2D eigenvalue weighted by molar-refractivity contribution is -0.142. The maximum absolute atomic E-state index is 12.4. The Morgan fingerprint density at radius 3 is 2.05 bits per heavy atom. The van der Waals surface area contributed by atoms with Gasteiger partial charge in [0.1, 0.15) is 0 Å². The summed E-state index contributed by atoms with van der Waals surface area (Å²) in [5, 5.41) is 12.1. The van der Waals surface area contributed by atoms with Crippen LogP contribution < -0.4 is 5.32 Å². The molecule has 0 radical (unpaired) electrons. The van der Waals surface area contributed by atoms with Crippen LogP contribution >= 0.6 is 0 Å². The number of carbonyl (C=O) groups is 2. The highest BCUT2D eigenvalue weighted by Gasteiger charge is 2.35. The lowest BCUT2D eigenvalue weighted by Crippen LogP contribution is -2.51. The first-order valence-corrected chi connectivity index (χ1v) is 8.20. The highest BCUT2D eigenvalue weighted by molar-refractivity contribution is 5.81. The summed E-state index contributed by atoms with van der Waals surface area (Å²) in [4.78, 5) is 25.7. The SMILES string of the molecule is CC1CCC(C)N1C(C)C(=O)NC1CCC(C(=O)O)CC1. The summed E-state index contributed by atoms with van der Waals surface area (Å²) in [6.45, 7) is 6.35. The fourth-order valence-electron chi connectivity index (χ4n) is 3.92. The smallest absolute Gasteiger partial charge is 0.306 e. The van der Waals surface area contributed by atoms with Crippen LogP contribution in [0.15, 0.2) is 0 Å². The summed E-state index contributed by atoms with van der Waals surface area (Å²) >= 11 is 0. The first kappa shape index (κ1) is 16.3. The van der Waals surface area contributed by atoms with Gasteiger partial charge in [-0.25, -0.2) is 0 Å². The van der Waals surface area contributed by atoms with Crippen LogP contribution in [0, 0.1) is 5.92 Å². The van der Waals surface area contributed by atoms with E-state index in [2.05, 4.69) is 24.1 Å². The second-order valence-electron chi connectivity index (χ2n) is 6.79. The Morgan fingerprint density at radius 1 is 1.05 bits per heavy atom. The maximum atomic E-state index is 12.4. The molecule has 3 atom stereocenters. The summed E-state index contributed by atoms with van der Waals surface area (Å²) in [6.07, 6.45) is 5.21. The van der Waals surface area contributed by atoms with Crippen molar-refractivity contribution in [3.63, 3.8) is 0 Å². The molecule has 0 aromatic rings. The van der Waals surface area contributed by atoms with Crippen molar-refractivity contribution < 1.29 is 14.7 Å². The van der Waals surface area contributed by atoms with E-state index in [-0.39, 0.29) is 23.9 Å². The number of hydrogen-bond donors (Lipinski definition) is 2. The van der Waals surface area contributed by atoms with Crippen LogP contribution in [-0.2, 0) is 9.59 Å². The Bertz CT molecular complexity index is 381. The summed E-state index contributed by atoms with van der Waals surface area (Å²) < 4.78 is 0. The number of nitrogens with zero attached hydrogens (tertiary/aromatic N) is 1. The van der Waals surface area contributed by atoms with E-state index in [1.165, 1.54) is 0 Å². The molecule has 2 fully saturated rings. The summed E-state index contributed by atoms with van der Waals surface area (Å²) in [7, 11) is 0. The zero-order chi connectivity index (χ0) is 15.6. The van der Waals surface area contributed by atoms with Crippen LogP contribution in [0.4, 0.5) is 0 Å². The molecule has 1 heterocycles. The van der Waals surface area contributed by atoms with Gasteiger partial charge in [0, 0.05) is 18.1 Å². The van der Waals surface area contributed by atoms with Gasteiger partial charge in [0.15, 0.2) is 0 Å². The van der Waals surface area contributed by atoms with Crippen LogP contribution in [-0.4, -0.2) is 46.1 Å². The van der Waals surface area contributed by atoms with E-state index >= 15 is 0 Å². The molecule has 1 saturated carbocycles. The Morgan fingerprint density at radius 2 is 1.57 bits per heavy atom. The molecule has 0 aromatic heterocycles. The van der Waals surface area contributed by atoms with Crippen molar-refractivity contribution in [2.45, 2.75) is 83.5 Å². The molecule has 21 heavy (non-hydrogen) atoms. The number of carboxylic acid groups (broad SMARTS) is 1. The first-order chi connectivity index (χ1) is 9.90. The number of rotatable bonds is 4. The van der Waals surface area contributed by atoms with E-state index in [1.807, 2.05) is 6.92 Å². The van der Waals surface area contributed by atoms with Crippen LogP contribution in [0.5, 0.6) is 0 Å². The van der Waals surface area contributed by atoms with E-state index < -0.39 is 5.97 Å². The van der Waals surface area contributed by atoms with E-state index in [4.69, 9.17) is 5.11 Å². The summed E-state index contributed by atoms with van der Waals surface area (Å²) in [6, 6.07) is 0.963. The van der Waals surface area contributed by atoms with Crippen molar-refractivity contribution in [3.8, 4) is 0 Å². The quantitative estimate of drug-likeness (QED) is 0.832. The van der Waals surface area contributed by atoms with Gasteiger partial charge in [-0.2, -0.15) is 0 Å². The van der Waals surface area contributed by atoms with Crippen molar-refractivity contribution >= 4 is 11.9 Å². The number of hydrogen-bond acceptors (Lipinski definition) is 3. The molecule has 2 aliphatic rings. The molecule has 1 saturated heterocycles. The van der Waals surface area contributed by atoms with Crippen molar-refractivity contribution in [2.24, 2.45) is 5.92 Å². The zero-order valence-electron chi connectivity index (χ0n) is 13.3. The Labute approximate surface area is 127 Å². The van der Waals surface area contributed by atoms with Crippen LogP contribution in [0.2, 0.25) is 0 Å². The van der Waals surface area contributed by atoms with Gasteiger partial charge < -0.3 is 10.4 Å². The predicted molar refractivity (Wildman–Crippen MR) is 81.0 cm³/mol. The zero-order valence-corrected chi connectivity index (χ0v) is 13.3. The Balaban J connectivity index is 1.83. The lowest BCUT2D eigenvalue weighted by atomic mass is 9.86. The Hall–Kier alpha value is -1.10. The van der Waals surface area contributed by atoms with E-state index in [9.17, 15) is 9.59 Å². The van der Waals surface area contributed by atoms with Gasteiger partial charge in [0.2, 0.25) is 5.91 Å². The molecule has 0 bridgehead atoms. The average molecular weight is 296 g/mol. The molecule has 1 amide bonds. The highest BCUT2D eigenvalue weighted by atomic mass is 16.4. The molecular formula is C16H28N2O3. The topological polar surface area (TPSA) is 69.6 Å². The fourth-order valence-corrected chi connectivity index (χ4v) is 3.92. The second kappa shape index (κ2) is 6.77. The van der Waals surface area contributed by atoms with Gasteiger partial charge in [0.05, 0.1) is 12.0 Å². The van der Waals surface area contributed by atoms with E-state index in [1.54, 1.807) is 0 Å². The molecule has 120 valence electrons. The average Bonchev–Trinajstić information content (AvgIpc) is 2.78. The summed E-state index contributed by atoms with van der Waals surface area (Å²) in [5.74, 6) is -0.837. The van der Waals surface area contributed by atoms with Gasteiger partial charge in [-0.1, -0.05) is 0 Å². The largest absolute Gasteiger partial charge is 0.481 e. The van der Waals surface area contributed by atoms with Crippen molar-refractivity contribution in [2.75, 3.05) is 0 Å². The van der Waals surface area contributed by atoms with E-state index in [0.717, 1.165) is 25.7 Å². The Kier molecular flexibility index (Phi) is 5.25. The number of carboxylic acids is 1. The van der Waals surface area contributed by atoms with Gasteiger partial charge >= 0.3 is 5.97 Å². The standard InChI is InChI=1S/C16H28N2O3/c1-10-4-5-11(2)18(10)12(3)15(19)17-14-8-6-13(7-9-14)16(20)21/h10-14H,4-9H2,1-3H3,(H,17,19)(H,20,21). The molecular weight excluding hydrogens is 268 g/mol. The monoisotopic (exact) mass is 296 g/mol. The molecule has 3 unspecified atom stereocenters. The number of nitrogens with one attached hydrogen (secondary N) is 1. The van der Waals surface area contributed by atoms with Gasteiger partial charge in [0.25, 0.3) is 0 Å². The first-order valence-electron chi connectivity index (χ1n) is 8.20. The molecule has 5 heteroatoms. The van der Waals surface area contributed by atoms with Gasteiger partial charge in [-0.15, -0.1) is 0 Å². The lowest BCUT2D eigenvalue weighted by Gasteiger charge is -2.34. The third-order valence-corrected chi connectivity index (χ3v) is 5.27. The van der Waals surface area contributed by atoms with Crippen molar-refractivity contribution in [1.82, 2.24) is 10.2 Å². The molecule has 2 N–H and O–H groups in total. The number of likely N-dealkylation sites (tertiary alicyclic amines) is 1. The number of amides is 1. The molecule has 5 nitrogen and oxygen atoms in total. The third kappa shape index (κ3) is 3.76. The molecule has 2 rings (SSSR count). The minimum absolute atomic E-state index is 0.0920. The van der Waals surface area contributed by atoms with E-state index in [0.29, 0.717) is 24.9 Å². The third-order valence-electron chi connectivity index (χ3n) is 5.27. The van der Waals surface area contributed by atoms with Gasteiger partial charge in [-0.3, -0.25) is 14.5 Å². The van der Waals surface area contributed by atoms with Crippen molar-refractivity contribution in [1.29, 1.82) is 0 Å². The predicted octanol–water partition coefficient (Wildman–Crippen LogP) is 2.01. The molecule has 0 aromatic carbocycles. The second-order valence-corrected chi connectivity index (χ2v) is 6.79. The van der Waals surface area contributed by atoms with Crippen molar-refractivity contribution in [3.05, 3.63) is 0 Å². The minimum atomic E-state index is -0.701. The molecule has 0 spiro atoms. The minimum Gasteiger partial charge on any atom is -0.481 e. The summed E-state index contributed by atoms with van der Waals surface area (Å²) in [5.41, 5.74) is 0. The highest BCUT2D eigenvalue weighted by Crippen LogP contribution is 2.27. The number of carbonyl (C=O) groups excluding carboxylic acids is 1.